The molecule has 1 heterocycles. The Morgan fingerprint density at radius 1 is 1.57 bits per heavy atom. The fourth-order valence-corrected chi connectivity index (χ4v) is 1.58. The van der Waals surface area contributed by atoms with E-state index in [1.54, 1.807) is 6.20 Å². The van der Waals surface area contributed by atoms with E-state index in [2.05, 4.69) is 10.3 Å². The van der Waals surface area contributed by atoms with E-state index in [0.717, 1.165) is 18.0 Å². The summed E-state index contributed by atoms with van der Waals surface area (Å²) in [6, 6.07) is 5.68. The number of carbonyl (C=O) groups excluding carboxylic acids is 1. The van der Waals surface area contributed by atoms with Crippen LogP contribution in [0.5, 0.6) is 0 Å². The summed E-state index contributed by atoms with van der Waals surface area (Å²) in [6.07, 6.45) is 2.70. The Labute approximate surface area is 88.3 Å². The summed E-state index contributed by atoms with van der Waals surface area (Å²) in [5.74, 6) is 0.513. The average Bonchev–Trinajstić information content (AvgIpc) is 2.25. The van der Waals surface area contributed by atoms with Gasteiger partial charge in [-0.25, -0.2) is 4.98 Å². The molecular formula is C10H14N2OS. The van der Waals surface area contributed by atoms with Gasteiger partial charge in [-0.1, -0.05) is 24.8 Å². The van der Waals surface area contributed by atoms with Gasteiger partial charge in [-0.05, 0) is 18.6 Å². The fourth-order valence-electron chi connectivity index (χ4n) is 0.887. The average molecular weight is 210 g/mol. The maximum Gasteiger partial charge on any atom is 0.230 e. The lowest BCUT2D eigenvalue weighted by molar-refractivity contribution is -0.118. The molecule has 0 aliphatic heterocycles. The molecule has 4 heteroatoms. The highest BCUT2D eigenvalue weighted by Gasteiger charge is 2.01. The van der Waals surface area contributed by atoms with Crippen LogP contribution in [0, 0.1) is 0 Å². The standard InChI is InChI=1S/C10H14N2OS/c1-2-6-11-9(13)8-14-10-5-3-4-7-12-10/h3-5,7H,2,6,8H2,1H3,(H,11,13). The molecule has 14 heavy (non-hydrogen) atoms. The second-order valence-corrected chi connectivity index (χ2v) is 3.80. The van der Waals surface area contributed by atoms with Crippen molar-refractivity contribution in [1.82, 2.24) is 10.3 Å². The lowest BCUT2D eigenvalue weighted by Gasteiger charge is -2.02. The zero-order chi connectivity index (χ0) is 10.2. The molecule has 76 valence electrons. The molecule has 0 aromatic carbocycles. The first-order valence-electron chi connectivity index (χ1n) is 4.63. The van der Waals surface area contributed by atoms with Gasteiger partial charge in [-0.15, -0.1) is 0 Å². The Morgan fingerprint density at radius 2 is 2.43 bits per heavy atom. The molecule has 3 nitrogen and oxygen atoms in total. The van der Waals surface area contributed by atoms with E-state index >= 15 is 0 Å². The Morgan fingerprint density at radius 3 is 3.07 bits per heavy atom. The van der Waals surface area contributed by atoms with E-state index < -0.39 is 0 Å². The molecule has 0 aliphatic rings. The highest BCUT2D eigenvalue weighted by molar-refractivity contribution is 7.99. The molecule has 0 fully saturated rings. The largest absolute Gasteiger partial charge is 0.355 e. The van der Waals surface area contributed by atoms with Gasteiger partial charge in [-0.2, -0.15) is 0 Å². The van der Waals surface area contributed by atoms with E-state index in [1.807, 2.05) is 25.1 Å². The molecule has 0 radical (unpaired) electrons. The molecule has 0 unspecified atom stereocenters. The number of hydrogen-bond acceptors (Lipinski definition) is 3. The van der Waals surface area contributed by atoms with Gasteiger partial charge in [0, 0.05) is 12.7 Å². The first-order chi connectivity index (χ1) is 6.83. The minimum atomic E-state index is 0.0718. The predicted octanol–water partition coefficient (Wildman–Crippen LogP) is 1.70. The van der Waals surface area contributed by atoms with Gasteiger partial charge in [0.05, 0.1) is 10.8 Å². The fraction of sp³-hybridized carbons (Fsp3) is 0.400. The molecule has 1 amide bonds. The van der Waals surface area contributed by atoms with Gasteiger partial charge < -0.3 is 5.32 Å². The molecule has 0 spiro atoms. The van der Waals surface area contributed by atoms with Crippen LogP contribution in [0.3, 0.4) is 0 Å². The number of rotatable bonds is 5. The maximum absolute atomic E-state index is 11.2. The quantitative estimate of drug-likeness (QED) is 0.752. The SMILES string of the molecule is CCCNC(=O)CSc1ccccn1. The Bertz CT molecular complexity index is 277. The molecule has 0 saturated heterocycles. The van der Waals surface area contributed by atoms with Crippen molar-refractivity contribution in [3.63, 3.8) is 0 Å². The van der Waals surface area contributed by atoms with Crippen molar-refractivity contribution >= 4 is 17.7 Å². The highest BCUT2D eigenvalue weighted by atomic mass is 32.2. The van der Waals surface area contributed by atoms with Crippen LogP contribution in [0.15, 0.2) is 29.4 Å². The van der Waals surface area contributed by atoms with Crippen LogP contribution in [-0.4, -0.2) is 23.2 Å². The van der Waals surface area contributed by atoms with Crippen LogP contribution in [-0.2, 0) is 4.79 Å². The molecule has 0 atom stereocenters. The summed E-state index contributed by atoms with van der Waals surface area (Å²) in [5.41, 5.74) is 0. The zero-order valence-electron chi connectivity index (χ0n) is 8.19. The van der Waals surface area contributed by atoms with Gasteiger partial charge >= 0.3 is 0 Å². The monoisotopic (exact) mass is 210 g/mol. The summed E-state index contributed by atoms with van der Waals surface area (Å²) < 4.78 is 0. The maximum atomic E-state index is 11.2. The molecular weight excluding hydrogens is 196 g/mol. The first-order valence-corrected chi connectivity index (χ1v) is 5.62. The van der Waals surface area contributed by atoms with Crippen LogP contribution in [0.25, 0.3) is 0 Å². The van der Waals surface area contributed by atoms with Crippen LogP contribution in [0.1, 0.15) is 13.3 Å². The summed E-state index contributed by atoms with van der Waals surface area (Å²) in [5, 5.41) is 3.70. The van der Waals surface area contributed by atoms with Crippen molar-refractivity contribution < 1.29 is 4.79 Å². The van der Waals surface area contributed by atoms with Crippen LogP contribution in [0.2, 0.25) is 0 Å². The van der Waals surface area contributed by atoms with Crippen molar-refractivity contribution in [2.45, 2.75) is 18.4 Å². The normalized spacial score (nSPS) is 9.79. The predicted molar refractivity (Wildman–Crippen MR) is 58.3 cm³/mol. The number of hydrogen-bond donors (Lipinski definition) is 1. The Balaban J connectivity index is 2.24. The summed E-state index contributed by atoms with van der Waals surface area (Å²) in [6.45, 7) is 2.79. The van der Waals surface area contributed by atoms with Crippen molar-refractivity contribution in [3.8, 4) is 0 Å². The van der Waals surface area contributed by atoms with Crippen LogP contribution in [0.4, 0.5) is 0 Å². The highest BCUT2D eigenvalue weighted by Crippen LogP contribution is 2.12. The van der Waals surface area contributed by atoms with Crippen LogP contribution < -0.4 is 5.32 Å². The van der Waals surface area contributed by atoms with Crippen molar-refractivity contribution in [2.75, 3.05) is 12.3 Å². The van der Waals surface area contributed by atoms with E-state index in [9.17, 15) is 4.79 Å². The van der Waals surface area contributed by atoms with Gasteiger partial charge in [-0.3, -0.25) is 4.79 Å². The third-order valence-electron chi connectivity index (χ3n) is 1.56. The van der Waals surface area contributed by atoms with Gasteiger partial charge in [0.2, 0.25) is 5.91 Å². The zero-order valence-corrected chi connectivity index (χ0v) is 9.01. The number of amides is 1. The number of carbonyl (C=O) groups is 1. The number of thioether (sulfide) groups is 1. The number of nitrogens with zero attached hydrogens (tertiary/aromatic N) is 1. The second kappa shape index (κ2) is 6.43. The molecule has 0 aliphatic carbocycles. The van der Waals surface area contributed by atoms with Crippen molar-refractivity contribution in [1.29, 1.82) is 0 Å². The van der Waals surface area contributed by atoms with Gasteiger partial charge in [0.15, 0.2) is 0 Å². The minimum Gasteiger partial charge on any atom is -0.355 e. The lowest BCUT2D eigenvalue weighted by Crippen LogP contribution is -2.25. The number of pyridine rings is 1. The van der Waals surface area contributed by atoms with Crippen molar-refractivity contribution in [3.05, 3.63) is 24.4 Å². The molecule has 0 saturated carbocycles. The third kappa shape index (κ3) is 4.28. The summed E-state index contributed by atoms with van der Waals surface area (Å²) >= 11 is 1.46. The van der Waals surface area contributed by atoms with E-state index in [4.69, 9.17) is 0 Å². The smallest absolute Gasteiger partial charge is 0.230 e. The van der Waals surface area contributed by atoms with E-state index in [1.165, 1.54) is 11.8 Å². The van der Waals surface area contributed by atoms with E-state index in [-0.39, 0.29) is 5.91 Å². The van der Waals surface area contributed by atoms with Crippen LogP contribution >= 0.6 is 11.8 Å². The number of nitrogens with one attached hydrogen (secondary N) is 1. The third-order valence-corrected chi connectivity index (χ3v) is 2.50. The Kier molecular flexibility index (Phi) is 5.07. The number of aromatic nitrogens is 1. The molecule has 1 aromatic heterocycles. The topological polar surface area (TPSA) is 42.0 Å². The molecule has 1 N–H and O–H groups in total. The summed E-state index contributed by atoms with van der Waals surface area (Å²) in [4.78, 5) is 15.3. The van der Waals surface area contributed by atoms with Crippen molar-refractivity contribution in [2.24, 2.45) is 0 Å². The first kappa shape index (κ1) is 11.0. The second-order valence-electron chi connectivity index (χ2n) is 2.81. The van der Waals surface area contributed by atoms with E-state index in [0.29, 0.717) is 5.75 Å². The minimum absolute atomic E-state index is 0.0718. The van der Waals surface area contributed by atoms with Gasteiger partial charge in [0.1, 0.15) is 0 Å². The molecule has 1 aromatic rings. The molecule has 0 bridgehead atoms. The van der Waals surface area contributed by atoms with Gasteiger partial charge in [0.25, 0.3) is 0 Å². The summed E-state index contributed by atoms with van der Waals surface area (Å²) in [7, 11) is 0. The molecule has 1 rings (SSSR count). The lowest BCUT2D eigenvalue weighted by atomic mass is 10.5. The Hall–Kier alpha value is -1.03.